The first-order valence-electron chi connectivity index (χ1n) is 12.9. The molecule has 0 radical (unpaired) electrons. The second kappa shape index (κ2) is 10.3. The Labute approximate surface area is 213 Å². The number of anilines is 1. The monoisotopic (exact) mass is 520 g/mol. The molecule has 3 aliphatic rings. The van der Waals surface area contributed by atoms with Gasteiger partial charge in [0.2, 0.25) is 5.75 Å². The maximum Gasteiger partial charge on any atom is 0.316 e. The van der Waals surface area contributed by atoms with Crippen LogP contribution in [-0.2, 0) is 11.4 Å². The first-order valence-corrected chi connectivity index (χ1v) is 14.0. The third kappa shape index (κ3) is 5.13. The summed E-state index contributed by atoms with van der Waals surface area (Å²) in [6.07, 6.45) is 5.67. The van der Waals surface area contributed by atoms with E-state index in [0.29, 0.717) is 43.7 Å². The molecule has 5 rings (SSSR count). The highest BCUT2D eigenvalue weighted by molar-refractivity contribution is 7.89. The molecule has 2 saturated carbocycles. The van der Waals surface area contributed by atoms with Crippen molar-refractivity contribution in [1.29, 1.82) is 0 Å². The summed E-state index contributed by atoms with van der Waals surface area (Å²) in [5, 5.41) is 4.31. The van der Waals surface area contributed by atoms with Crippen LogP contribution in [0.1, 0.15) is 46.5 Å². The maximum absolute atomic E-state index is 13.9. The predicted molar refractivity (Wildman–Crippen MR) is 136 cm³/mol. The summed E-state index contributed by atoms with van der Waals surface area (Å²) in [4.78, 5) is 15.7. The summed E-state index contributed by atoms with van der Waals surface area (Å²) in [6, 6.07) is 2.93. The molecule has 2 unspecified atom stereocenters. The van der Waals surface area contributed by atoms with Crippen molar-refractivity contribution in [2.75, 3.05) is 31.1 Å². The summed E-state index contributed by atoms with van der Waals surface area (Å²) < 4.78 is 49.7. The Morgan fingerprint density at radius 3 is 2.22 bits per heavy atom. The molecule has 36 heavy (non-hydrogen) atoms. The molecule has 1 aromatic heterocycles. The van der Waals surface area contributed by atoms with Gasteiger partial charge in [0, 0.05) is 30.5 Å². The van der Waals surface area contributed by atoms with Crippen LogP contribution >= 0.6 is 0 Å². The average Bonchev–Trinajstić information content (AvgIpc) is 3.36. The molecule has 196 valence electrons. The number of nitrogens with zero attached hydrogens (tertiary/aromatic N) is 4. The van der Waals surface area contributed by atoms with Gasteiger partial charge >= 0.3 is 5.56 Å². The molecule has 0 spiro atoms. The third-order valence-corrected chi connectivity index (χ3v) is 9.42. The smallest absolute Gasteiger partial charge is 0.316 e. The van der Waals surface area contributed by atoms with E-state index in [-0.39, 0.29) is 22.8 Å². The van der Waals surface area contributed by atoms with Gasteiger partial charge in [-0.1, -0.05) is 6.92 Å². The first-order chi connectivity index (χ1) is 17.2. The summed E-state index contributed by atoms with van der Waals surface area (Å²) >= 11 is -1.06. The van der Waals surface area contributed by atoms with Crippen molar-refractivity contribution in [2.24, 2.45) is 17.8 Å². The van der Waals surface area contributed by atoms with E-state index < -0.39 is 28.6 Å². The fraction of sp³-hybridized carbons (Fsp3) is 0.615. The topological polar surface area (TPSA) is 73.7 Å². The fourth-order valence-corrected chi connectivity index (χ4v) is 7.26. The van der Waals surface area contributed by atoms with E-state index in [1.807, 2.05) is 23.1 Å². The van der Waals surface area contributed by atoms with E-state index in [9.17, 15) is 18.1 Å². The van der Waals surface area contributed by atoms with Gasteiger partial charge in [-0.05, 0) is 69.4 Å². The Bertz CT molecular complexity index is 1120. The van der Waals surface area contributed by atoms with Crippen molar-refractivity contribution in [3.05, 3.63) is 46.4 Å². The largest absolute Gasteiger partial charge is 0.598 e. The zero-order valence-corrected chi connectivity index (χ0v) is 21.8. The van der Waals surface area contributed by atoms with Gasteiger partial charge in [-0.25, -0.2) is 8.78 Å². The minimum absolute atomic E-state index is 0.0168. The molecular formula is C26H34F2N4O3S. The number of aromatic nitrogens is 2. The molecule has 0 bridgehead atoms. The van der Waals surface area contributed by atoms with Crippen LogP contribution in [0.4, 0.5) is 14.5 Å². The zero-order valence-electron chi connectivity index (χ0n) is 21.0. The van der Waals surface area contributed by atoms with Crippen LogP contribution in [0.2, 0.25) is 0 Å². The number of rotatable bonds is 6. The lowest BCUT2D eigenvalue weighted by molar-refractivity contribution is 0.191. The van der Waals surface area contributed by atoms with E-state index in [2.05, 4.69) is 12.0 Å². The van der Waals surface area contributed by atoms with Gasteiger partial charge in [-0.15, -0.1) is 4.31 Å². The highest BCUT2D eigenvalue weighted by Crippen LogP contribution is 2.47. The van der Waals surface area contributed by atoms with Crippen molar-refractivity contribution in [1.82, 2.24) is 14.1 Å². The lowest BCUT2D eigenvalue weighted by Gasteiger charge is -2.37. The average molecular weight is 521 g/mol. The van der Waals surface area contributed by atoms with Gasteiger partial charge in [-0.2, -0.15) is 9.78 Å². The minimum atomic E-state index is -1.06. The Morgan fingerprint density at radius 2 is 1.64 bits per heavy atom. The predicted octanol–water partition coefficient (Wildman–Crippen LogP) is 3.91. The summed E-state index contributed by atoms with van der Waals surface area (Å²) in [5.41, 5.74) is 0.0628. The van der Waals surface area contributed by atoms with Crippen molar-refractivity contribution in [3.8, 4) is 11.4 Å². The number of ether oxygens (including phenoxy) is 1. The number of hydrogen-bond donors (Lipinski definition) is 0. The third-order valence-electron chi connectivity index (χ3n) is 7.74. The molecule has 1 aliphatic heterocycles. The van der Waals surface area contributed by atoms with Crippen molar-refractivity contribution < 1.29 is 18.1 Å². The number of benzene rings is 1. The molecule has 2 aliphatic carbocycles. The highest BCUT2D eigenvalue weighted by Gasteiger charge is 2.42. The van der Waals surface area contributed by atoms with Gasteiger partial charge in [-0.3, -0.25) is 4.79 Å². The van der Waals surface area contributed by atoms with Gasteiger partial charge < -0.3 is 14.2 Å². The van der Waals surface area contributed by atoms with E-state index >= 15 is 0 Å². The van der Waals surface area contributed by atoms with E-state index in [0.717, 1.165) is 41.6 Å². The van der Waals surface area contributed by atoms with Crippen molar-refractivity contribution in [2.45, 2.75) is 57.8 Å². The molecule has 2 aromatic rings. The van der Waals surface area contributed by atoms with Crippen LogP contribution in [0.15, 0.2) is 29.2 Å². The molecule has 0 amide bonds. The molecule has 1 aromatic carbocycles. The molecule has 10 heteroatoms. The van der Waals surface area contributed by atoms with Gasteiger partial charge in [0.05, 0.1) is 31.1 Å². The SMILES string of the molecule is CC1CC2CC(Oc3c(N4CCN([S@+]([O-])C(C)C)CC4)cnn(-c4cc(F)cc(F)c4)c3=O)CC2C1. The van der Waals surface area contributed by atoms with E-state index in [4.69, 9.17) is 4.74 Å². The summed E-state index contributed by atoms with van der Waals surface area (Å²) in [6.45, 7) is 8.49. The van der Waals surface area contributed by atoms with Crippen LogP contribution in [0.25, 0.3) is 5.69 Å². The maximum atomic E-state index is 13.9. The fourth-order valence-electron chi connectivity index (χ4n) is 6.14. The standard InChI is InChI=1S/C26H34F2N4O3S/c1-16(2)36(34)31-6-4-30(5-7-31)24-15-29-32(22-13-20(27)12-21(28)14-22)26(33)25(24)35-23-10-18-8-17(3)9-19(18)11-23/h12-19,23H,4-11H2,1-3H3/t17?,18?,19?,23?,36-/m1/s1. The van der Waals surface area contributed by atoms with Crippen LogP contribution in [0.3, 0.4) is 0 Å². The number of fused-ring (bicyclic) bond motifs is 1. The molecule has 7 nitrogen and oxygen atoms in total. The summed E-state index contributed by atoms with van der Waals surface area (Å²) in [5.74, 6) is 0.569. The van der Waals surface area contributed by atoms with E-state index in [1.54, 1.807) is 6.20 Å². The molecule has 3 fully saturated rings. The Kier molecular flexibility index (Phi) is 7.29. The number of piperazine rings is 1. The van der Waals surface area contributed by atoms with Gasteiger partial charge in [0.15, 0.2) is 0 Å². The second-order valence-corrected chi connectivity index (χ2v) is 12.8. The lowest BCUT2D eigenvalue weighted by atomic mass is 10.0. The lowest BCUT2D eigenvalue weighted by Crippen LogP contribution is -2.50. The number of halogens is 2. The van der Waals surface area contributed by atoms with Crippen LogP contribution in [-0.4, -0.2) is 56.2 Å². The zero-order chi connectivity index (χ0) is 25.6. The Morgan fingerprint density at radius 1 is 1.03 bits per heavy atom. The quantitative estimate of drug-likeness (QED) is 0.538. The molecule has 1 saturated heterocycles. The van der Waals surface area contributed by atoms with Crippen LogP contribution < -0.4 is 15.2 Å². The van der Waals surface area contributed by atoms with E-state index in [1.165, 1.54) is 12.8 Å². The molecular weight excluding hydrogens is 486 g/mol. The Balaban J connectivity index is 1.44. The summed E-state index contributed by atoms with van der Waals surface area (Å²) in [7, 11) is 0. The van der Waals surface area contributed by atoms with Gasteiger partial charge in [0.1, 0.15) is 22.6 Å². The molecule has 0 N–H and O–H groups in total. The normalized spacial score (nSPS) is 27.5. The van der Waals surface area contributed by atoms with Crippen LogP contribution in [0, 0.1) is 29.4 Å². The van der Waals surface area contributed by atoms with Crippen LogP contribution in [0.5, 0.6) is 5.75 Å². The first kappa shape index (κ1) is 25.5. The van der Waals surface area contributed by atoms with Crippen molar-refractivity contribution in [3.63, 3.8) is 0 Å². The van der Waals surface area contributed by atoms with Gasteiger partial charge in [0.25, 0.3) is 0 Å². The molecule has 3 atom stereocenters. The highest BCUT2D eigenvalue weighted by atomic mass is 32.2. The minimum Gasteiger partial charge on any atom is -0.598 e. The van der Waals surface area contributed by atoms with Crippen molar-refractivity contribution >= 4 is 17.0 Å². The molecule has 2 heterocycles. The number of hydrogen-bond acceptors (Lipinski definition) is 6. The second-order valence-electron chi connectivity index (χ2n) is 10.8. The Hall–Kier alpha value is -2.17.